The van der Waals surface area contributed by atoms with Gasteiger partial charge in [0.15, 0.2) is 0 Å². The second-order valence-corrected chi connectivity index (χ2v) is 7.65. The van der Waals surface area contributed by atoms with Gasteiger partial charge in [-0.05, 0) is 20.3 Å². The number of rotatable bonds is 0. The lowest BCUT2D eigenvalue weighted by molar-refractivity contribution is -0.147. The van der Waals surface area contributed by atoms with Gasteiger partial charge in [0.25, 0.3) is 0 Å². The smallest absolute Gasteiger partial charge is 0.309 e. The van der Waals surface area contributed by atoms with Crippen molar-refractivity contribution in [3.8, 4) is 0 Å². The number of esters is 1. The molecular weight excluding hydrogens is 276 g/mol. The molecule has 0 aromatic heterocycles. The number of ether oxygens (including phenoxy) is 2. The minimum Gasteiger partial charge on any atom is -0.462 e. The molecule has 0 radical (unpaired) electrons. The molecule has 2 saturated carbocycles. The van der Waals surface area contributed by atoms with Gasteiger partial charge in [0, 0.05) is 18.3 Å². The highest BCUT2D eigenvalue weighted by Crippen LogP contribution is 2.69. The largest absolute Gasteiger partial charge is 0.462 e. The van der Waals surface area contributed by atoms with Crippen molar-refractivity contribution in [3.63, 3.8) is 0 Å². The highest BCUT2D eigenvalue weighted by Gasteiger charge is 2.85. The Morgan fingerprint density at radius 3 is 2.57 bits per heavy atom. The van der Waals surface area contributed by atoms with Crippen molar-refractivity contribution in [2.24, 2.45) is 17.8 Å². The van der Waals surface area contributed by atoms with Gasteiger partial charge in [-0.25, -0.2) is 0 Å². The molecule has 0 amide bonds. The van der Waals surface area contributed by atoms with E-state index >= 15 is 0 Å². The maximum absolute atomic E-state index is 11.9. The van der Waals surface area contributed by atoms with Crippen LogP contribution in [0, 0.1) is 17.8 Å². The first-order valence-electron chi connectivity index (χ1n) is 7.64. The van der Waals surface area contributed by atoms with Crippen molar-refractivity contribution in [2.75, 3.05) is 0 Å². The third-order valence-corrected chi connectivity index (χ3v) is 6.54. The highest BCUT2D eigenvalue weighted by molar-refractivity contribution is 5.75. The van der Waals surface area contributed by atoms with Crippen LogP contribution in [-0.2, 0) is 14.3 Å². The maximum Gasteiger partial charge on any atom is 0.309 e. The van der Waals surface area contributed by atoms with E-state index in [0.717, 1.165) is 0 Å². The molecule has 3 N–H and O–H groups in total. The van der Waals surface area contributed by atoms with Crippen LogP contribution in [0.3, 0.4) is 0 Å². The monoisotopic (exact) mass is 298 g/mol. The second-order valence-electron chi connectivity index (χ2n) is 7.65. The number of hydrogen-bond donors (Lipinski definition) is 3. The number of carbonyl (C=O) groups is 1. The van der Waals surface area contributed by atoms with E-state index in [4.69, 9.17) is 9.47 Å². The second kappa shape index (κ2) is 3.62. The SMILES string of the molecule is C[C@@H]1C(=O)O[C@@H]2C[C@@](C)(O)[C@@H]3C[C@H](O)[C@]4(C)O[C@]34[C@@H](O)[C@H]12. The molecule has 6 nitrogen and oxygen atoms in total. The Hall–Kier alpha value is -0.690. The first-order valence-corrected chi connectivity index (χ1v) is 7.64. The molecular formula is C15H22O6. The van der Waals surface area contributed by atoms with Gasteiger partial charge in [-0.2, -0.15) is 0 Å². The van der Waals surface area contributed by atoms with Gasteiger partial charge < -0.3 is 24.8 Å². The van der Waals surface area contributed by atoms with Gasteiger partial charge in [-0.3, -0.25) is 4.79 Å². The zero-order chi connectivity index (χ0) is 15.4. The summed E-state index contributed by atoms with van der Waals surface area (Å²) < 4.78 is 11.2. The summed E-state index contributed by atoms with van der Waals surface area (Å²) in [5.74, 6) is -1.53. The molecule has 2 aliphatic heterocycles. The van der Waals surface area contributed by atoms with Gasteiger partial charge >= 0.3 is 5.97 Å². The van der Waals surface area contributed by atoms with Crippen molar-refractivity contribution in [3.05, 3.63) is 0 Å². The third-order valence-electron chi connectivity index (χ3n) is 6.54. The Kier molecular flexibility index (Phi) is 2.40. The third kappa shape index (κ3) is 1.36. The Morgan fingerprint density at radius 2 is 1.95 bits per heavy atom. The summed E-state index contributed by atoms with van der Waals surface area (Å²) in [6, 6.07) is 0. The Balaban J connectivity index is 1.83. The van der Waals surface area contributed by atoms with E-state index in [0.29, 0.717) is 6.42 Å². The van der Waals surface area contributed by atoms with Crippen LogP contribution >= 0.6 is 0 Å². The zero-order valence-corrected chi connectivity index (χ0v) is 12.4. The first kappa shape index (κ1) is 13.9. The minimum atomic E-state index is -1.15. The Morgan fingerprint density at radius 1 is 1.29 bits per heavy atom. The lowest BCUT2D eigenvalue weighted by atomic mass is 9.74. The molecule has 1 spiro atoms. The van der Waals surface area contributed by atoms with E-state index in [1.54, 1.807) is 20.8 Å². The predicted molar refractivity (Wildman–Crippen MR) is 70.1 cm³/mol. The standard InChI is InChI=1S/C15H22O6/c1-6-10-7(20-12(6)18)5-13(2,19)8-4-9(16)14(3)15(8,21-14)11(10)17/h6-11,16-17,19H,4-5H2,1-3H3/t6-,7+,8-,9-,10+,11-,13+,14-,15-/m0/s1. The summed E-state index contributed by atoms with van der Waals surface area (Å²) in [5, 5.41) is 32.1. The minimum absolute atomic E-state index is 0.267. The number of hydrogen-bond acceptors (Lipinski definition) is 6. The number of carbonyl (C=O) groups excluding carboxylic acids is 1. The predicted octanol–water partition coefficient (Wildman–Crippen LogP) is -0.412. The van der Waals surface area contributed by atoms with E-state index < -0.39 is 47.0 Å². The van der Waals surface area contributed by atoms with E-state index in [2.05, 4.69) is 0 Å². The van der Waals surface area contributed by atoms with Crippen LogP contribution in [0.4, 0.5) is 0 Å². The van der Waals surface area contributed by atoms with E-state index in [-0.39, 0.29) is 18.3 Å². The van der Waals surface area contributed by atoms with Gasteiger partial charge in [0.05, 0.1) is 23.7 Å². The van der Waals surface area contributed by atoms with Crippen LogP contribution in [0.5, 0.6) is 0 Å². The van der Waals surface area contributed by atoms with Crippen LogP contribution < -0.4 is 0 Å². The van der Waals surface area contributed by atoms with Crippen molar-refractivity contribution in [1.82, 2.24) is 0 Å². The van der Waals surface area contributed by atoms with Crippen LogP contribution in [0.1, 0.15) is 33.6 Å². The van der Waals surface area contributed by atoms with Crippen LogP contribution in [0.15, 0.2) is 0 Å². The van der Waals surface area contributed by atoms with Gasteiger partial charge in [0.1, 0.15) is 17.3 Å². The fourth-order valence-corrected chi connectivity index (χ4v) is 5.27. The molecule has 0 unspecified atom stereocenters. The summed E-state index contributed by atoms with van der Waals surface area (Å²) in [6.45, 7) is 5.21. The molecule has 9 atom stereocenters. The summed E-state index contributed by atoms with van der Waals surface area (Å²) >= 11 is 0. The van der Waals surface area contributed by atoms with Crippen molar-refractivity contribution in [2.45, 2.75) is 68.7 Å². The summed E-state index contributed by atoms with van der Waals surface area (Å²) in [7, 11) is 0. The van der Waals surface area contributed by atoms with Crippen LogP contribution in [0.2, 0.25) is 0 Å². The average Bonchev–Trinajstić information content (AvgIpc) is 2.86. The molecule has 0 bridgehead atoms. The van der Waals surface area contributed by atoms with Crippen LogP contribution in [0.25, 0.3) is 0 Å². The van der Waals surface area contributed by atoms with Gasteiger partial charge in [-0.15, -0.1) is 0 Å². The van der Waals surface area contributed by atoms with E-state index in [1.807, 2.05) is 0 Å². The molecule has 6 heteroatoms. The Bertz CT molecular complexity index is 518. The summed E-state index contributed by atoms with van der Waals surface area (Å²) in [5.41, 5.74) is -2.97. The zero-order valence-electron chi connectivity index (χ0n) is 12.4. The number of fused-ring (bicyclic) bond motifs is 1. The van der Waals surface area contributed by atoms with Crippen molar-refractivity contribution >= 4 is 5.97 Å². The number of aliphatic hydroxyl groups is 3. The molecule has 0 aromatic carbocycles. The normalized spacial score (nSPS) is 65.1. The molecule has 4 rings (SSSR count). The lowest BCUT2D eigenvalue weighted by Gasteiger charge is -2.34. The number of epoxide rings is 1. The van der Waals surface area contributed by atoms with Gasteiger partial charge in [-0.1, -0.05) is 6.92 Å². The quantitative estimate of drug-likeness (QED) is 0.415. The van der Waals surface area contributed by atoms with Gasteiger partial charge in [0.2, 0.25) is 0 Å². The highest BCUT2D eigenvalue weighted by atomic mass is 16.7. The Labute approximate surface area is 123 Å². The maximum atomic E-state index is 11.9. The average molecular weight is 298 g/mol. The summed E-state index contributed by atoms with van der Waals surface area (Å²) in [6.07, 6.45) is -1.48. The molecule has 21 heavy (non-hydrogen) atoms. The van der Waals surface area contributed by atoms with Crippen molar-refractivity contribution in [1.29, 1.82) is 0 Å². The molecule has 118 valence electrons. The first-order chi connectivity index (χ1) is 9.65. The molecule has 4 aliphatic rings. The molecule has 4 fully saturated rings. The lowest BCUT2D eigenvalue weighted by Crippen LogP contribution is -2.49. The fraction of sp³-hybridized carbons (Fsp3) is 0.933. The van der Waals surface area contributed by atoms with E-state index in [1.165, 1.54) is 0 Å². The van der Waals surface area contributed by atoms with E-state index in [9.17, 15) is 20.1 Å². The van der Waals surface area contributed by atoms with Crippen molar-refractivity contribution < 1.29 is 29.6 Å². The molecule has 2 saturated heterocycles. The fourth-order valence-electron chi connectivity index (χ4n) is 5.27. The topological polar surface area (TPSA) is 99.5 Å². The number of aliphatic hydroxyl groups excluding tert-OH is 2. The summed E-state index contributed by atoms with van der Waals surface area (Å²) in [4.78, 5) is 11.9. The van der Waals surface area contributed by atoms with Crippen LogP contribution in [-0.4, -0.2) is 56.4 Å². The molecule has 2 heterocycles. The molecule has 2 aliphatic carbocycles. The molecule has 0 aromatic rings.